The second kappa shape index (κ2) is 6.00. The van der Waals surface area contributed by atoms with E-state index in [2.05, 4.69) is 10.1 Å². The number of carbonyl (C=O) groups excluding carboxylic acids is 1. The Bertz CT molecular complexity index is 867. The van der Waals surface area contributed by atoms with E-state index in [9.17, 15) is 4.79 Å². The fourth-order valence-corrected chi connectivity index (χ4v) is 3.26. The van der Waals surface area contributed by atoms with Crippen molar-refractivity contribution < 1.29 is 4.79 Å². The third-order valence-electron chi connectivity index (χ3n) is 3.75. The number of benzene rings is 1. The van der Waals surface area contributed by atoms with Crippen molar-refractivity contribution in [2.45, 2.75) is 20.4 Å². The lowest BCUT2D eigenvalue weighted by molar-refractivity contribution is 0.0789. The normalized spacial score (nSPS) is 11.1. The molecule has 6 nitrogen and oxygen atoms in total. The van der Waals surface area contributed by atoms with Gasteiger partial charge in [-0.1, -0.05) is 11.3 Å². The molecule has 2 aromatic heterocycles. The molecule has 0 atom stereocenters. The van der Waals surface area contributed by atoms with Gasteiger partial charge >= 0.3 is 0 Å². The standard InChI is InChI=1S/C16H19N5OS/c1-10-8-11(2)21(19-10)7-6-20(3)15(22)12-4-5-14-13(9-12)18-16(17)23-14/h4-5,8-9H,6-7H2,1-3H3,(H2,17,18). The van der Waals surface area contributed by atoms with Crippen LogP contribution >= 0.6 is 11.3 Å². The van der Waals surface area contributed by atoms with E-state index in [1.54, 1.807) is 18.0 Å². The number of rotatable bonds is 4. The molecule has 0 fully saturated rings. The molecular weight excluding hydrogens is 310 g/mol. The van der Waals surface area contributed by atoms with E-state index in [1.165, 1.54) is 11.3 Å². The Balaban J connectivity index is 1.71. The van der Waals surface area contributed by atoms with Crippen molar-refractivity contribution in [1.29, 1.82) is 0 Å². The first-order valence-corrected chi connectivity index (χ1v) is 8.18. The van der Waals surface area contributed by atoms with Crippen molar-refractivity contribution in [2.75, 3.05) is 19.3 Å². The third kappa shape index (κ3) is 3.19. The molecule has 23 heavy (non-hydrogen) atoms. The highest BCUT2D eigenvalue weighted by molar-refractivity contribution is 7.22. The fourth-order valence-electron chi connectivity index (χ4n) is 2.55. The van der Waals surface area contributed by atoms with Gasteiger partial charge in [-0.05, 0) is 38.1 Å². The first kappa shape index (κ1) is 15.5. The number of aromatic nitrogens is 3. The Morgan fingerprint density at radius 2 is 2.13 bits per heavy atom. The Morgan fingerprint density at radius 3 is 2.83 bits per heavy atom. The average molecular weight is 329 g/mol. The van der Waals surface area contributed by atoms with Crippen LogP contribution in [0.4, 0.5) is 5.13 Å². The minimum Gasteiger partial charge on any atom is -0.375 e. The number of nitrogens with zero attached hydrogens (tertiary/aromatic N) is 4. The fraction of sp³-hybridized carbons (Fsp3) is 0.312. The van der Waals surface area contributed by atoms with Crippen LogP contribution in [0, 0.1) is 13.8 Å². The van der Waals surface area contributed by atoms with E-state index < -0.39 is 0 Å². The van der Waals surface area contributed by atoms with Crippen LogP contribution in [0.2, 0.25) is 0 Å². The van der Waals surface area contributed by atoms with Crippen molar-refractivity contribution in [3.8, 4) is 0 Å². The summed E-state index contributed by atoms with van der Waals surface area (Å²) >= 11 is 1.42. The van der Waals surface area contributed by atoms with Gasteiger partial charge in [-0.15, -0.1) is 0 Å². The van der Waals surface area contributed by atoms with Crippen LogP contribution in [0.1, 0.15) is 21.7 Å². The molecule has 1 amide bonds. The van der Waals surface area contributed by atoms with Gasteiger partial charge in [0.1, 0.15) is 0 Å². The van der Waals surface area contributed by atoms with E-state index in [4.69, 9.17) is 5.73 Å². The number of hydrogen-bond donors (Lipinski definition) is 1. The summed E-state index contributed by atoms with van der Waals surface area (Å²) in [6.45, 7) is 5.25. The number of hydrogen-bond acceptors (Lipinski definition) is 5. The van der Waals surface area contributed by atoms with E-state index >= 15 is 0 Å². The number of likely N-dealkylation sites (N-methyl/N-ethyl adjacent to an activating group) is 1. The molecule has 0 aliphatic heterocycles. The molecule has 7 heteroatoms. The molecule has 2 N–H and O–H groups in total. The average Bonchev–Trinajstić information content (AvgIpc) is 3.03. The van der Waals surface area contributed by atoms with Crippen LogP contribution in [0.3, 0.4) is 0 Å². The SMILES string of the molecule is Cc1cc(C)n(CCN(C)C(=O)c2ccc3sc(N)nc3c2)n1. The van der Waals surface area contributed by atoms with Gasteiger partial charge < -0.3 is 10.6 Å². The summed E-state index contributed by atoms with van der Waals surface area (Å²) in [6.07, 6.45) is 0. The molecule has 0 spiro atoms. The van der Waals surface area contributed by atoms with E-state index in [-0.39, 0.29) is 5.91 Å². The van der Waals surface area contributed by atoms with E-state index in [1.807, 2.05) is 36.7 Å². The lowest BCUT2D eigenvalue weighted by Gasteiger charge is -2.17. The maximum atomic E-state index is 12.5. The van der Waals surface area contributed by atoms with Gasteiger partial charge in [-0.25, -0.2) is 4.98 Å². The zero-order valence-corrected chi connectivity index (χ0v) is 14.2. The molecule has 3 rings (SSSR count). The molecule has 3 aromatic rings. The van der Waals surface area contributed by atoms with Gasteiger partial charge in [0.05, 0.1) is 22.5 Å². The van der Waals surface area contributed by atoms with Gasteiger partial charge in [0.2, 0.25) is 0 Å². The van der Waals surface area contributed by atoms with E-state index in [0.717, 1.165) is 21.6 Å². The monoisotopic (exact) mass is 329 g/mol. The van der Waals surface area contributed by atoms with Crippen LogP contribution in [0.25, 0.3) is 10.2 Å². The number of aryl methyl sites for hydroxylation is 2. The van der Waals surface area contributed by atoms with Crippen LogP contribution in [0.15, 0.2) is 24.3 Å². The summed E-state index contributed by atoms with van der Waals surface area (Å²) in [5.41, 5.74) is 9.19. The quantitative estimate of drug-likeness (QED) is 0.797. The maximum Gasteiger partial charge on any atom is 0.253 e. The minimum absolute atomic E-state index is 0.0278. The predicted molar refractivity (Wildman–Crippen MR) is 92.7 cm³/mol. The molecule has 1 aromatic carbocycles. The molecule has 0 saturated heterocycles. The van der Waals surface area contributed by atoms with Crippen LogP contribution < -0.4 is 5.73 Å². The summed E-state index contributed by atoms with van der Waals surface area (Å²) in [4.78, 5) is 18.5. The maximum absolute atomic E-state index is 12.5. The molecule has 2 heterocycles. The minimum atomic E-state index is -0.0278. The Morgan fingerprint density at radius 1 is 1.35 bits per heavy atom. The van der Waals surface area contributed by atoms with Gasteiger partial charge in [0.25, 0.3) is 5.91 Å². The molecule has 0 bridgehead atoms. The van der Waals surface area contributed by atoms with Gasteiger partial charge in [0.15, 0.2) is 5.13 Å². The number of nitrogens with two attached hydrogens (primary N) is 1. The highest BCUT2D eigenvalue weighted by Crippen LogP contribution is 2.24. The summed E-state index contributed by atoms with van der Waals surface area (Å²) in [5.74, 6) is -0.0278. The van der Waals surface area contributed by atoms with Crippen molar-refractivity contribution in [3.63, 3.8) is 0 Å². The molecular formula is C16H19N5OS. The van der Waals surface area contributed by atoms with Crippen molar-refractivity contribution in [2.24, 2.45) is 0 Å². The Hall–Kier alpha value is -2.41. The van der Waals surface area contributed by atoms with Gasteiger partial charge in [-0.3, -0.25) is 9.48 Å². The van der Waals surface area contributed by atoms with Crippen molar-refractivity contribution in [3.05, 3.63) is 41.2 Å². The Labute approximate surface area is 138 Å². The smallest absolute Gasteiger partial charge is 0.253 e. The summed E-state index contributed by atoms with van der Waals surface area (Å²) in [6, 6.07) is 7.54. The molecule has 0 radical (unpaired) electrons. The molecule has 0 unspecified atom stereocenters. The van der Waals surface area contributed by atoms with E-state index in [0.29, 0.717) is 23.8 Å². The summed E-state index contributed by atoms with van der Waals surface area (Å²) < 4.78 is 2.91. The highest BCUT2D eigenvalue weighted by Gasteiger charge is 2.14. The predicted octanol–water partition coefficient (Wildman–Crippen LogP) is 2.46. The van der Waals surface area contributed by atoms with Crippen molar-refractivity contribution in [1.82, 2.24) is 19.7 Å². The first-order chi connectivity index (χ1) is 10.9. The molecule has 0 aliphatic carbocycles. The number of carbonyl (C=O) groups is 1. The summed E-state index contributed by atoms with van der Waals surface area (Å²) in [5, 5.41) is 4.93. The number of amides is 1. The Kier molecular flexibility index (Phi) is 4.04. The molecule has 0 aliphatic rings. The number of anilines is 1. The number of fused-ring (bicyclic) bond motifs is 1. The van der Waals surface area contributed by atoms with Crippen molar-refractivity contribution >= 4 is 32.6 Å². The largest absolute Gasteiger partial charge is 0.375 e. The van der Waals surface area contributed by atoms with Gasteiger partial charge in [-0.2, -0.15) is 5.10 Å². The van der Waals surface area contributed by atoms with Crippen LogP contribution in [0.5, 0.6) is 0 Å². The van der Waals surface area contributed by atoms with Gasteiger partial charge in [0, 0.05) is 24.8 Å². The zero-order valence-electron chi connectivity index (χ0n) is 13.4. The third-order valence-corrected chi connectivity index (χ3v) is 4.61. The second-order valence-electron chi connectivity index (χ2n) is 5.61. The lowest BCUT2D eigenvalue weighted by atomic mass is 10.2. The van der Waals surface area contributed by atoms with Crippen LogP contribution in [-0.4, -0.2) is 39.2 Å². The molecule has 0 saturated carbocycles. The second-order valence-corrected chi connectivity index (χ2v) is 6.67. The first-order valence-electron chi connectivity index (χ1n) is 7.36. The molecule has 120 valence electrons. The highest BCUT2D eigenvalue weighted by atomic mass is 32.1. The topological polar surface area (TPSA) is 77.0 Å². The zero-order chi connectivity index (χ0) is 16.6. The lowest BCUT2D eigenvalue weighted by Crippen LogP contribution is -2.30. The van der Waals surface area contributed by atoms with Crippen LogP contribution in [-0.2, 0) is 6.54 Å². The number of nitrogen functional groups attached to an aromatic ring is 1. The number of thiazole rings is 1. The summed E-state index contributed by atoms with van der Waals surface area (Å²) in [7, 11) is 1.80.